The minimum Gasteiger partial charge on any atom is -0.507 e. The molecule has 0 radical (unpaired) electrons. The lowest BCUT2D eigenvalue weighted by molar-refractivity contribution is 0.0890. The fraction of sp³-hybridized carbons (Fsp3) is 0.130. The van der Waals surface area contributed by atoms with Gasteiger partial charge in [0, 0.05) is 5.56 Å². The molecule has 0 atom stereocenters. The van der Waals surface area contributed by atoms with Gasteiger partial charge in [0.15, 0.2) is 11.6 Å². The number of carbonyl (C=O) groups excluding carboxylic acids is 2. The van der Waals surface area contributed by atoms with Gasteiger partial charge in [-0.05, 0) is 42.0 Å². The molecule has 0 aliphatic carbocycles. The monoisotopic (exact) mass is 376 g/mol. The van der Waals surface area contributed by atoms with Crippen LogP contribution >= 0.6 is 0 Å². The number of rotatable bonds is 8. The highest BCUT2D eigenvalue weighted by Crippen LogP contribution is 2.30. The Labute approximate surface area is 163 Å². The quantitative estimate of drug-likeness (QED) is 0.465. The van der Waals surface area contributed by atoms with Crippen LogP contribution in [0, 0.1) is 0 Å². The molecule has 0 fully saturated rings. The molecule has 0 aromatic heterocycles. The highest BCUT2D eigenvalue weighted by Gasteiger charge is 2.21. The molecule has 3 aromatic carbocycles. The van der Waals surface area contributed by atoms with Crippen molar-refractivity contribution in [2.75, 3.05) is 7.11 Å². The first-order valence-corrected chi connectivity index (χ1v) is 8.77. The van der Waals surface area contributed by atoms with Gasteiger partial charge in [-0.3, -0.25) is 9.59 Å². The molecule has 0 unspecified atom stereocenters. The van der Waals surface area contributed by atoms with Crippen LogP contribution in [-0.2, 0) is 6.61 Å². The molecule has 3 aromatic rings. The molecule has 0 aliphatic rings. The van der Waals surface area contributed by atoms with E-state index in [-0.39, 0.29) is 35.9 Å². The number of benzene rings is 3. The van der Waals surface area contributed by atoms with Crippen LogP contribution in [0.3, 0.4) is 0 Å². The van der Waals surface area contributed by atoms with Gasteiger partial charge < -0.3 is 14.6 Å². The van der Waals surface area contributed by atoms with Crippen LogP contribution in [-0.4, -0.2) is 23.8 Å². The molecule has 1 N–H and O–H groups in total. The highest BCUT2D eigenvalue weighted by molar-refractivity contribution is 6.15. The van der Waals surface area contributed by atoms with Crippen LogP contribution in [0.2, 0.25) is 0 Å². The molecular formula is C23H20O5. The van der Waals surface area contributed by atoms with Gasteiger partial charge in [0.1, 0.15) is 29.4 Å². The van der Waals surface area contributed by atoms with Crippen molar-refractivity contribution in [3.63, 3.8) is 0 Å². The molecule has 3 rings (SSSR count). The molecule has 0 saturated heterocycles. The van der Waals surface area contributed by atoms with E-state index in [1.807, 2.05) is 30.3 Å². The first kappa shape index (κ1) is 19.2. The van der Waals surface area contributed by atoms with E-state index in [1.54, 1.807) is 36.4 Å². The molecule has 28 heavy (non-hydrogen) atoms. The zero-order valence-corrected chi connectivity index (χ0v) is 15.4. The number of aromatic hydroxyl groups is 1. The lowest BCUT2D eigenvalue weighted by Crippen LogP contribution is -2.11. The third kappa shape index (κ3) is 4.57. The maximum atomic E-state index is 12.7. The Bertz CT molecular complexity index is 962. The van der Waals surface area contributed by atoms with Gasteiger partial charge >= 0.3 is 0 Å². The summed E-state index contributed by atoms with van der Waals surface area (Å²) in [6, 6.07) is 20.6. The summed E-state index contributed by atoms with van der Waals surface area (Å²) in [5.41, 5.74) is 1.34. The zero-order chi connectivity index (χ0) is 19.9. The molecule has 0 amide bonds. The van der Waals surface area contributed by atoms with Crippen LogP contribution in [0.4, 0.5) is 0 Å². The summed E-state index contributed by atoms with van der Waals surface area (Å²) in [7, 11) is 1.54. The Morgan fingerprint density at radius 3 is 2.25 bits per heavy atom. The highest BCUT2D eigenvalue weighted by atomic mass is 16.5. The topological polar surface area (TPSA) is 72.8 Å². The van der Waals surface area contributed by atoms with Gasteiger partial charge in [0.2, 0.25) is 0 Å². The second kappa shape index (κ2) is 8.86. The lowest BCUT2D eigenvalue weighted by atomic mass is 10.00. The van der Waals surface area contributed by atoms with Crippen LogP contribution in [0.5, 0.6) is 17.2 Å². The molecule has 0 saturated carbocycles. The van der Waals surface area contributed by atoms with E-state index in [2.05, 4.69) is 0 Å². The van der Waals surface area contributed by atoms with Crippen molar-refractivity contribution in [2.24, 2.45) is 0 Å². The second-order valence-corrected chi connectivity index (χ2v) is 6.18. The van der Waals surface area contributed by atoms with E-state index in [9.17, 15) is 14.7 Å². The van der Waals surface area contributed by atoms with Crippen molar-refractivity contribution in [3.05, 3.63) is 89.5 Å². The summed E-state index contributed by atoms with van der Waals surface area (Å²) in [6.07, 6.45) is -0.369. The van der Waals surface area contributed by atoms with Crippen molar-refractivity contribution < 1.29 is 24.2 Å². The standard InChI is InChI=1S/C23H20O5/c1-27-18-12-10-17(11-13-18)20(25)14-21(26)23-19(24)8-5-9-22(23)28-15-16-6-3-2-4-7-16/h2-13,24H,14-15H2,1H3. The van der Waals surface area contributed by atoms with Crippen molar-refractivity contribution in [3.8, 4) is 17.2 Å². The average molecular weight is 376 g/mol. The number of carbonyl (C=O) groups is 2. The normalized spacial score (nSPS) is 10.3. The number of methoxy groups -OCH3 is 1. The fourth-order valence-corrected chi connectivity index (χ4v) is 2.77. The molecule has 5 nitrogen and oxygen atoms in total. The van der Waals surface area contributed by atoms with E-state index in [0.29, 0.717) is 11.3 Å². The maximum absolute atomic E-state index is 12.7. The summed E-state index contributed by atoms with van der Waals surface area (Å²) >= 11 is 0. The Morgan fingerprint density at radius 1 is 0.857 bits per heavy atom. The number of phenols is 1. The third-order valence-electron chi connectivity index (χ3n) is 4.25. The van der Waals surface area contributed by atoms with Gasteiger partial charge in [0.05, 0.1) is 13.5 Å². The van der Waals surface area contributed by atoms with E-state index in [4.69, 9.17) is 9.47 Å². The minimum atomic E-state index is -0.498. The lowest BCUT2D eigenvalue weighted by Gasteiger charge is -2.12. The SMILES string of the molecule is COc1ccc(C(=O)CC(=O)c2c(O)cccc2OCc2ccccc2)cc1. The largest absolute Gasteiger partial charge is 0.507 e. The van der Waals surface area contributed by atoms with Crippen LogP contribution in [0.25, 0.3) is 0 Å². The molecule has 142 valence electrons. The molecular weight excluding hydrogens is 356 g/mol. The van der Waals surface area contributed by atoms with Crippen LogP contribution in [0.1, 0.15) is 32.7 Å². The van der Waals surface area contributed by atoms with E-state index in [0.717, 1.165) is 5.56 Å². The van der Waals surface area contributed by atoms with Gasteiger partial charge in [-0.1, -0.05) is 36.4 Å². The number of ketones is 2. The third-order valence-corrected chi connectivity index (χ3v) is 4.25. The predicted octanol–water partition coefficient (Wildman–Crippen LogP) is 4.44. The van der Waals surface area contributed by atoms with E-state index < -0.39 is 5.78 Å². The minimum absolute atomic E-state index is 0.0142. The number of hydrogen-bond donors (Lipinski definition) is 1. The Balaban J connectivity index is 1.75. The summed E-state index contributed by atoms with van der Waals surface area (Å²) in [6.45, 7) is 0.247. The summed E-state index contributed by atoms with van der Waals surface area (Å²) in [4.78, 5) is 25.2. The Kier molecular flexibility index (Phi) is 6.07. The average Bonchev–Trinajstić information content (AvgIpc) is 2.73. The number of phenolic OH excluding ortho intramolecular Hbond substituents is 1. The number of hydrogen-bond acceptors (Lipinski definition) is 5. The summed E-state index contributed by atoms with van der Waals surface area (Å²) in [5, 5.41) is 10.2. The molecule has 5 heteroatoms. The van der Waals surface area contributed by atoms with Gasteiger partial charge in [-0.15, -0.1) is 0 Å². The Hall–Kier alpha value is -3.60. The van der Waals surface area contributed by atoms with Crippen LogP contribution in [0.15, 0.2) is 72.8 Å². The van der Waals surface area contributed by atoms with Crippen molar-refractivity contribution >= 4 is 11.6 Å². The molecule has 0 spiro atoms. The number of ether oxygens (including phenoxy) is 2. The van der Waals surface area contributed by atoms with Gasteiger partial charge in [0.25, 0.3) is 0 Å². The first-order valence-electron chi connectivity index (χ1n) is 8.77. The van der Waals surface area contributed by atoms with Crippen LogP contribution < -0.4 is 9.47 Å². The van der Waals surface area contributed by atoms with E-state index >= 15 is 0 Å². The fourth-order valence-electron chi connectivity index (χ4n) is 2.77. The summed E-state index contributed by atoms with van der Waals surface area (Å²) < 4.78 is 10.8. The Morgan fingerprint density at radius 2 is 1.57 bits per heavy atom. The smallest absolute Gasteiger partial charge is 0.178 e. The zero-order valence-electron chi connectivity index (χ0n) is 15.4. The van der Waals surface area contributed by atoms with Crippen molar-refractivity contribution in [1.29, 1.82) is 0 Å². The molecule has 0 heterocycles. The first-order chi connectivity index (χ1) is 13.6. The maximum Gasteiger partial charge on any atom is 0.178 e. The molecule has 0 bridgehead atoms. The number of Topliss-reactive ketones (excluding diaryl/α,β-unsaturated/α-hetero) is 2. The van der Waals surface area contributed by atoms with Crippen molar-refractivity contribution in [2.45, 2.75) is 13.0 Å². The summed E-state index contributed by atoms with van der Waals surface area (Å²) in [5.74, 6) is -0.179. The van der Waals surface area contributed by atoms with Gasteiger partial charge in [-0.2, -0.15) is 0 Å². The van der Waals surface area contributed by atoms with E-state index in [1.165, 1.54) is 13.2 Å². The molecule has 0 aliphatic heterocycles. The predicted molar refractivity (Wildman–Crippen MR) is 105 cm³/mol. The van der Waals surface area contributed by atoms with Crippen molar-refractivity contribution in [1.82, 2.24) is 0 Å². The van der Waals surface area contributed by atoms with Gasteiger partial charge in [-0.25, -0.2) is 0 Å². The second-order valence-electron chi connectivity index (χ2n) is 6.18.